The molecule has 0 radical (unpaired) electrons. The van der Waals surface area contributed by atoms with E-state index in [1.165, 1.54) is 18.4 Å². The Morgan fingerprint density at radius 1 is 1.44 bits per heavy atom. The van der Waals surface area contributed by atoms with Crippen LogP contribution in [-0.4, -0.2) is 19.2 Å². The van der Waals surface area contributed by atoms with E-state index in [1.54, 1.807) is 7.11 Å². The predicted octanol–water partition coefficient (Wildman–Crippen LogP) is 3.65. The highest BCUT2D eigenvalue weighted by atomic mass is 35.5. The fraction of sp³-hybridized carbons (Fsp3) is 0.600. The summed E-state index contributed by atoms with van der Waals surface area (Å²) in [5.41, 5.74) is 3.46. The Kier molecular flexibility index (Phi) is 4.18. The van der Waals surface area contributed by atoms with Crippen LogP contribution in [0.25, 0.3) is 0 Å². The first kappa shape index (κ1) is 13.7. The smallest absolute Gasteiger partial charge is 0.122 e. The van der Waals surface area contributed by atoms with Crippen molar-refractivity contribution in [3.63, 3.8) is 0 Å². The fourth-order valence-electron chi connectivity index (χ4n) is 2.41. The molecule has 1 aliphatic rings. The largest absolute Gasteiger partial charge is 0.496 e. The third kappa shape index (κ3) is 2.99. The molecule has 18 heavy (non-hydrogen) atoms. The van der Waals surface area contributed by atoms with E-state index >= 15 is 0 Å². The number of hydrogen-bond acceptors (Lipinski definition) is 2. The number of benzene rings is 1. The van der Waals surface area contributed by atoms with Crippen molar-refractivity contribution < 1.29 is 4.74 Å². The van der Waals surface area contributed by atoms with Crippen molar-refractivity contribution >= 4 is 11.6 Å². The summed E-state index contributed by atoms with van der Waals surface area (Å²) < 4.78 is 5.50. The van der Waals surface area contributed by atoms with E-state index in [2.05, 4.69) is 19.2 Å². The average molecular weight is 268 g/mol. The van der Waals surface area contributed by atoms with Crippen LogP contribution in [0.15, 0.2) is 6.07 Å². The third-order valence-electron chi connectivity index (χ3n) is 3.60. The quantitative estimate of drug-likeness (QED) is 0.879. The summed E-state index contributed by atoms with van der Waals surface area (Å²) in [6.45, 7) is 6.33. The number of halogens is 1. The summed E-state index contributed by atoms with van der Waals surface area (Å²) in [5.74, 6) is 0.957. The van der Waals surface area contributed by atoms with Gasteiger partial charge in [-0.15, -0.1) is 0 Å². The molecule has 3 heteroatoms. The van der Waals surface area contributed by atoms with Gasteiger partial charge >= 0.3 is 0 Å². The zero-order valence-corrected chi connectivity index (χ0v) is 12.4. The molecule has 0 aromatic heterocycles. The van der Waals surface area contributed by atoms with Crippen molar-refractivity contribution in [3.05, 3.63) is 27.8 Å². The second-order valence-corrected chi connectivity index (χ2v) is 5.74. The zero-order valence-electron chi connectivity index (χ0n) is 11.6. The summed E-state index contributed by atoms with van der Waals surface area (Å²) in [6, 6.07) is 3.23. The van der Waals surface area contributed by atoms with Crippen LogP contribution in [0.2, 0.25) is 5.02 Å². The second-order valence-electron chi connectivity index (χ2n) is 5.36. The molecule has 1 saturated carbocycles. The number of ether oxygens (including phenoxy) is 1. The zero-order chi connectivity index (χ0) is 13.3. The SMILES string of the molecule is COc1cc(C)c(Cl)c(C)c1CC(C)NC1CC1. The maximum atomic E-state index is 6.34. The van der Waals surface area contributed by atoms with Crippen molar-refractivity contribution in [2.24, 2.45) is 0 Å². The normalized spacial score (nSPS) is 16.7. The highest BCUT2D eigenvalue weighted by molar-refractivity contribution is 6.32. The van der Waals surface area contributed by atoms with Crippen LogP contribution in [0, 0.1) is 13.8 Å². The maximum absolute atomic E-state index is 6.34. The Balaban J connectivity index is 2.21. The highest BCUT2D eigenvalue weighted by Crippen LogP contribution is 2.32. The van der Waals surface area contributed by atoms with E-state index in [1.807, 2.05) is 13.0 Å². The minimum atomic E-state index is 0.462. The fourth-order valence-corrected chi connectivity index (χ4v) is 2.58. The molecule has 1 N–H and O–H groups in total. The monoisotopic (exact) mass is 267 g/mol. The molecule has 1 aliphatic carbocycles. The van der Waals surface area contributed by atoms with Gasteiger partial charge in [0.1, 0.15) is 5.75 Å². The molecule has 0 bridgehead atoms. The molecule has 0 amide bonds. The minimum Gasteiger partial charge on any atom is -0.496 e. The van der Waals surface area contributed by atoms with E-state index in [0.717, 1.165) is 34.4 Å². The second kappa shape index (κ2) is 5.50. The number of aryl methyl sites for hydroxylation is 1. The Morgan fingerprint density at radius 3 is 2.67 bits per heavy atom. The van der Waals surface area contributed by atoms with Gasteiger partial charge in [-0.25, -0.2) is 0 Å². The van der Waals surface area contributed by atoms with Gasteiger partial charge in [0.2, 0.25) is 0 Å². The van der Waals surface area contributed by atoms with Gasteiger partial charge in [0.05, 0.1) is 7.11 Å². The first-order chi connectivity index (χ1) is 8.52. The molecule has 1 fully saturated rings. The van der Waals surface area contributed by atoms with Gasteiger partial charge in [-0.3, -0.25) is 0 Å². The van der Waals surface area contributed by atoms with Crippen LogP contribution >= 0.6 is 11.6 Å². The molecule has 2 nitrogen and oxygen atoms in total. The van der Waals surface area contributed by atoms with Gasteiger partial charge in [-0.05, 0) is 57.2 Å². The molecule has 0 saturated heterocycles. The molecule has 100 valence electrons. The lowest BCUT2D eigenvalue weighted by Crippen LogP contribution is -2.30. The van der Waals surface area contributed by atoms with Crippen molar-refractivity contribution in [1.29, 1.82) is 0 Å². The Bertz CT molecular complexity index is 441. The molecule has 0 spiro atoms. The van der Waals surface area contributed by atoms with Crippen LogP contribution in [0.4, 0.5) is 0 Å². The number of rotatable bonds is 5. The Labute approximate surface area is 115 Å². The van der Waals surface area contributed by atoms with E-state index in [-0.39, 0.29) is 0 Å². The van der Waals surface area contributed by atoms with Gasteiger partial charge in [0.15, 0.2) is 0 Å². The van der Waals surface area contributed by atoms with E-state index in [9.17, 15) is 0 Å². The molecule has 1 aromatic carbocycles. The molecule has 0 aliphatic heterocycles. The van der Waals surface area contributed by atoms with Gasteiger partial charge < -0.3 is 10.1 Å². The van der Waals surface area contributed by atoms with Gasteiger partial charge in [0, 0.05) is 22.7 Å². The van der Waals surface area contributed by atoms with Crippen molar-refractivity contribution in [3.8, 4) is 5.75 Å². The van der Waals surface area contributed by atoms with Crippen LogP contribution in [-0.2, 0) is 6.42 Å². The van der Waals surface area contributed by atoms with Gasteiger partial charge in [-0.2, -0.15) is 0 Å². The molecule has 0 heterocycles. The topological polar surface area (TPSA) is 21.3 Å². The van der Waals surface area contributed by atoms with E-state index in [4.69, 9.17) is 16.3 Å². The first-order valence-corrected chi connectivity index (χ1v) is 6.99. The van der Waals surface area contributed by atoms with Crippen LogP contribution in [0.3, 0.4) is 0 Å². The molecule has 1 unspecified atom stereocenters. The standard InChI is InChI=1S/C15H22ClNO/c1-9-7-14(18-4)13(11(3)15(9)16)8-10(2)17-12-5-6-12/h7,10,12,17H,5-6,8H2,1-4H3. The Hall–Kier alpha value is -0.730. The predicted molar refractivity (Wildman–Crippen MR) is 76.8 cm³/mol. The summed E-state index contributed by atoms with van der Waals surface area (Å²) in [5, 5.41) is 4.48. The average Bonchev–Trinajstić information content (AvgIpc) is 3.13. The lowest BCUT2D eigenvalue weighted by molar-refractivity contribution is 0.405. The van der Waals surface area contributed by atoms with E-state index in [0.29, 0.717) is 6.04 Å². The van der Waals surface area contributed by atoms with Crippen LogP contribution < -0.4 is 10.1 Å². The third-order valence-corrected chi connectivity index (χ3v) is 4.18. The van der Waals surface area contributed by atoms with E-state index < -0.39 is 0 Å². The summed E-state index contributed by atoms with van der Waals surface area (Å²) in [4.78, 5) is 0. The Morgan fingerprint density at radius 2 is 2.11 bits per heavy atom. The van der Waals surface area contributed by atoms with Crippen LogP contribution in [0.1, 0.15) is 36.5 Å². The van der Waals surface area contributed by atoms with Crippen molar-refractivity contribution in [2.45, 2.75) is 52.1 Å². The summed E-state index contributed by atoms with van der Waals surface area (Å²) >= 11 is 6.34. The number of nitrogens with one attached hydrogen (secondary N) is 1. The first-order valence-electron chi connectivity index (χ1n) is 6.61. The molecule has 1 atom stereocenters. The highest BCUT2D eigenvalue weighted by Gasteiger charge is 2.24. The summed E-state index contributed by atoms with van der Waals surface area (Å²) in [7, 11) is 1.73. The van der Waals surface area contributed by atoms with Crippen molar-refractivity contribution in [1.82, 2.24) is 5.32 Å². The maximum Gasteiger partial charge on any atom is 0.122 e. The minimum absolute atomic E-state index is 0.462. The van der Waals surface area contributed by atoms with Crippen LogP contribution in [0.5, 0.6) is 5.75 Å². The lowest BCUT2D eigenvalue weighted by Gasteiger charge is -2.19. The number of hydrogen-bond donors (Lipinski definition) is 1. The number of methoxy groups -OCH3 is 1. The van der Waals surface area contributed by atoms with Gasteiger partial charge in [0.25, 0.3) is 0 Å². The molecular formula is C15H22ClNO. The van der Waals surface area contributed by atoms with Gasteiger partial charge in [-0.1, -0.05) is 11.6 Å². The molecular weight excluding hydrogens is 246 g/mol. The van der Waals surface area contributed by atoms with Crippen molar-refractivity contribution in [2.75, 3.05) is 7.11 Å². The molecule has 1 aromatic rings. The summed E-state index contributed by atoms with van der Waals surface area (Å²) in [6.07, 6.45) is 3.59. The lowest BCUT2D eigenvalue weighted by atomic mass is 9.98. The molecule has 2 rings (SSSR count).